The Morgan fingerprint density at radius 1 is 1.22 bits per heavy atom. The molecule has 0 radical (unpaired) electrons. The van der Waals surface area contributed by atoms with Crippen LogP contribution in [0.1, 0.15) is 18.9 Å². The Morgan fingerprint density at radius 3 is 2.70 bits per heavy atom. The molecule has 0 saturated carbocycles. The van der Waals surface area contributed by atoms with Gasteiger partial charge in [0.15, 0.2) is 0 Å². The van der Waals surface area contributed by atoms with Crippen molar-refractivity contribution in [1.29, 1.82) is 0 Å². The molecule has 0 aromatic heterocycles. The Kier molecular flexibility index (Phi) is 4.52. The third kappa shape index (κ3) is 3.17. The lowest BCUT2D eigenvalue weighted by atomic mass is 10.1. The number of anilines is 1. The van der Waals surface area contributed by atoms with E-state index in [0.717, 1.165) is 19.5 Å². The van der Waals surface area contributed by atoms with Crippen LogP contribution in [0.5, 0.6) is 0 Å². The summed E-state index contributed by atoms with van der Waals surface area (Å²) < 4.78 is 0. The predicted molar refractivity (Wildman–Crippen MR) is 89.3 cm³/mol. The van der Waals surface area contributed by atoms with Gasteiger partial charge in [-0.15, -0.1) is 0 Å². The highest BCUT2D eigenvalue weighted by Crippen LogP contribution is 2.26. The first kappa shape index (κ1) is 15.8. The SMILES string of the molecule is CC[C@H]1CN(C)c2ccccc2CN1CCN1C(=O)CNC1=O. The molecule has 0 spiro atoms. The molecule has 1 aromatic carbocycles. The van der Waals surface area contributed by atoms with Crippen molar-refractivity contribution in [3.63, 3.8) is 0 Å². The van der Waals surface area contributed by atoms with Crippen LogP contribution in [-0.4, -0.2) is 61.0 Å². The fourth-order valence-corrected chi connectivity index (χ4v) is 3.45. The lowest BCUT2D eigenvalue weighted by molar-refractivity contribution is -0.125. The van der Waals surface area contributed by atoms with E-state index in [4.69, 9.17) is 0 Å². The Hall–Kier alpha value is -2.08. The second kappa shape index (κ2) is 6.58. The molecule has 1 atom stereocenters. The Balaban J connectivity index is 1.74. The molecule has 2 aliphatic heterocycles. The van der Waals surface area contributed by atoms with Crippen LogP contribution < -0.4 is 10.2 Å². The number of nitrogens with zero attached hydrogens (tertiary/aromatic N) is 3. The minimum Gasteiger partial charge on any atom is -0.373 e. The lowest BCUT2D eigenvalue weighted by Crippen LogP contribution is -2.45. The minimum absolute atomic E-state index is 0.127. The van der Waals surface area contributed by atoms with Gasteiger partial charge in [0.2, 0.25) is 5.91 Å². The van der Waals surface area contributed by atoms with Gasteiger partial charge in [-0.05, 0) is 18.1 Å². The standard InChI is InChI=1S/C17H24N4O2/c1-3-14-12-19(2)15-7-5-4-6-13(15)11-20(14)8-9-21-16(22)10-18-17(21)23/h4-7,14H,3,8-12H2,1-2H3,(H,18,23)/t14-/m0/s1. The number of hydrogen-bond acceptors (Lipinski definition) is 4. The zero-order chi connectivity index (χ0) is 16.4. The average molecular weight is 316 g/mol. The van der Waals surface area contributed by atoms with Gasteiger partial charge in [-0.25, -0.2) is 4.79 Å². The van der Waals surface area contributed by atoms with Gasteiger partial charge in [-0.2, -0.15) is 0 Å². The van der Waals surface area contributed by atoms with Gasteiger partial charge in [-0.3, -0.25) is 14.6 Å². The number of likely N-dealkylation sites (N-methyl/N-ethyl adjacent to an activating group) is 1. The summed E-state index contributed by atoms with van der Waals surface area (Å²) in [5.41, 5.74) is 2.56. The van der Waals surface area contributed by atoms with Crippen molar-refractivity contribution in [1.82, 2.24) is 15.1 Å². The van der Waals surface area contributed by atoms with Gasteiger partial charge < -0.3 is 10.2 Å². The summed E-state index contributed by atoms with van der Waals surface area (Å²) >= 11 is 0. The molecule has 2 heterocycles. The van der Waals surface area contributed by atoms with E-state index in [0.29, 0.717) is 19.1 Å². The Labute approximate surface area is 137 Å². The molecule has 6 nitrogen and oxygen atoms in total. The molecular formula is C17H24N4O2. The number of fused-ring (bicyclic) bond motifs is 1. The first-order valence-corrected chi connectivity index (χ1v) is 8.21. The van der Waals surface area contributed by atoms with Crippen molar-refractivity contribution in [3.8, 4) is 0 Å². The monoisotopic (exact) mass is 316 g/mol. The van der Waals surface area contributed by atoms with E-state index in [1.54, 1.807) is 0 Å². The number of hydrogen-bond donors (Lipinski definition) is 1. The van der Waals surface area contributed by atoms with Crippen LogP contribution >= 0.6 is 0 Å². The second-order valence-electron chi connectivity index (χ2n) is 6.25. The van der Waals surface area contributed by atoms with Crippen molar-refractivity contribution < 1.29 is 9.59 Å². The van der Waals surface area contributed by atoms with E-state index in [9.17, 15) is 9.59 Å². The van der Waals surface area contributed by atoms with Gasteiger partial charge in [0.25, 0.3) is 0 Å². The molecule has 23 heavy (non-hydrogen) atoms. The summed E-state index contributed by atoms with van der Waals surface area (Å²) in [5, 5.41) is 2.58. The maximum absolute atomic E-state index is 11.7. The van der Waals surface area contributed by atoms with Gasteiger partial charge in [0, 0.05) is 45.0 Å². The van der Waals surface area contributed by atoms with E-state index in [1.165, 1.54) is 16.2 Å². The normalized spacial score (nSPS) is 22.1. The number of carbonyl (C=O) groups excluding carboxylic acids is 2. The third-order valence-electron chi connectivity index (χ3n) is 4.80. The van der Waals surface area contributed by atoms with Gasteiger partial charge in [0.05, 0.1) is 6.54 Å². The topological polar surface area (TPSA) is 55.9 Å². The minimum atomic E-state index is -0.268. The second-order valence-corrected chi connectivity index (χ2v) is 6.25. The van der Waals surface area contributed by atoms with Gasteiger partial charge in [0.1, 0.15) is 0 Å². The number of benzene rings is 1. The Bertz CT molecular complexity index is 588. The molecule has 2 aliphatic rings. The summed E-state index contributed by atoms with van der Waals surface area (Å²) in [6.07, 6.45) is 1.04. The van der Waals surface area contributed by atoms with Crippen molar-refractivity contribution in [2.24, 2.45) is 0 Å². The summed E-state index contributed by atoms with van der Waals surface area (Å²) in [4.78, 5) is 29.5. The van der Waals surface area contributed by atoms with Crippen LogP contribution in [0.4, 0.5) is 10.5 Å². The highest BCUT2D eigenvalue weighted by molar-refractivity contribution is 6.01. The summed E-state index contributed by atoms with van der Waals surface area (Å²) in [7, 11) is 2.13. The quantitative estimate of drug-likeness (QED) is 0.850. The van der Waals surface area contributed by atoms with Crippen molar-refractivity contribution in [2.45, 2.75) is 25.9 Å². The largest absolute Gasteiger partial charge is 0.373 e. The van der Waals surface area contributed by atoms with Crippen molar-refractivity contribution in [3.05, 3.63) is 29.8 Å². The van der Waals surface area contributed by atoms with Crippen LogP contribution in [0.3, 0.4) is 0 Å². The third-order valence-corrected chi connectivity index (χ3v) is 4.80. The first-order valence-electron chi connectivity index (χ1n) is 8.21. The summed E-state index contributed by atoms with van der Waals surface area (Å²) in [6.45, 7) is 5.28. The number of nitrogens with one attached hydrogen (secondary N) is 1. The molecular weight excluding hydrogens is 292 g/mol. The zero-order valence-electron chi connectivity index (χ0n) is 13.8. The molecule has 124 valence electrons. The average Bonchev–Trinajstić information content (AvgIpc) is 2.80. The number of rotatable bonds is 4. The lowest BCUT2D eigenvalue weighted by Gasteiger charge is -2.31. The molecule has 3 amide bonds. The van der Waals surface area contributed by atoms with Crippen LogP contribution in [0, 0.1) is 0 Å². The summed E-state index contributed by atoms with van der Waals surface area (Å²) in [5.74, 6) is -0.129. The molecule has 0 bridgehead atoms. The molecule has 0 unspecified atom stereocenters. The summed E-state index contributed by atoms with van der Waals surface area (Å²) in [6, 6.07) is 8.59. The molecule has 1 N–H and O–H groups in total. The number of imide groups is 1. The van der Waals surface area contributed by atoms with Crippen LogP contribution in [0.2, 0.25) is 0 Å². The molecule has 1 fully saturated rings. The van der Waals surface area contributed by atoms with Crippen molar-refractivity contribution >= 4 is 17.6 Å². The fourth-order valence-electron chi connectivity index (χ4n) is 3.45. The van der Waals surface area contributed by atoms with Crippen LogP contribution in [-0.2, 0) is 11.3 Å². The zero-order valence-corrected chi connectivity index (χ0v) is 13.8. The van der Waals surface area contributed by atoms with E-state index < -0.39 is 0 Å². The highest BCUT2D eigenvalue weighted by atomic mass is 16.2. The number of urea groups is 1. The van der Waals surface area contributed by atoms with E-state index in [2.05, 4.69) is 53.4 Å². The maximum atomic E-state index is 11.7. The fraction of sp³-hybridized carbons (Fsp3) is 0.529. The number of carbonyl (C=O) groups is 2. The molecule has 0 aliphatic carbocycles. The Morgan fingerprint density at radius 2 is 2.00 bits per heavy atom. The maximum Gasteiger partial charge on any atom is 0.324 e. The molecule has 6 heteroatoms. The first-order chi connectivity index (χ1) is 11.1. The van der Waals surface area contributed by atoms with Gasteiger partial charge in [-0.1, -0.05) is 25.1 Å². The number of para-hydroxylation sites is 1. The van der Waals surface area contributed by atoms with Crippen LogP contribution in [0.15, 0.2) is 24.3 Å². The van der Waals surface area contributed by atoms with E-state index in [1.807, 2.05) is 0 Å². The highest BCUT2D eigenvalue weighted by Gasteiger charge is 2.30. The van der Waals surface area contributed by atoms with Crippen molar-refractivity contribution in [2.75, 3.05) is 38.1 Å². The molecule has 1 saturated heterocycles. The molecule has 3 rings (SSSR count). The predicted octanol–water partition coefficient (Wildman–Crippen LogP) is 1.27. The van der Waals surface area contributed by atoms with E-state index in [-0.39, 0.29) is 18.5 Å². The van der Waals surface area contributed by atoms with E-state index >= 15 is 0 Å². The van der Waals surface area contributed by atoms with Gasteiger partial charge >= 0.3 is 6.03 Å². The smallest absolute Gasteiger partial charge is 0.324 e. The number of amides is 3. The molecule has 1 aromatic rings. The van der Waals surface area contributed by atoms with Crippen LogP contribution in [0.25, 0.3) is 0 Å².